The van der Waals surface area contributed by atoms with Crippen LogP contribution in [-0.4, -0.2) is 15.4 Å². The average Bonchev–Trinajstić information content (AvgIpc) is 2.81. The summed E-state index contributed by atoms with van der Waals surface area (Å²) in [4.78, 5) is 5.26. The Morgan fingerprint density at radius 1 is 1.47 bits per heavy atom. The number of nitrogens with two attached hydrogens (primary N) is 1. The summed E-state index contributed by atoms with van der Waals surface area (Å²) in [5.74, 6) is 0.625. The van der Waals surface area contributed by atoms with Gasteiger partial charge in [0.05, 0.1) is 0 Å². The van der Waals surface area contributed by atoms with E-state index in [1.165, 1.54) is 29.4 Å². The first kappa shape index (κ1) is 14.4. The highest BCUT2D eigenvalue weighted by atomic mass is 32.2. The van der Waals surface area contributed by atoms with Crippen molar-refractivity contribution < 1.29 is 4.39 Å². The van der Waals surface area contributed by atoms with Crippen LogP contribution in [0.2, 0.25) is 0 Å². The van der Waals surface area contributed by atoms with Crippen LogP contribution in [0, 0.1) is 5.82 Å². The van der Waals surface area contributed by atoms with Gasteiger partial charge in [0, 0.05) is 22.9 Å². The van der Waals surface area contributed by atoms with Gasteiger partial charge in [0.15, 0.2) is 4.34 Å². The molecular formula is C13H16FN3S2. The number of aromatic nitrogens is 2. The number of hydrogen-bond donors (Lipinski definition) is 1. The highest BCUT2D eigenvalue weighted by Gasteiger charge is 2.13. The lowest BCUT2D eigenvalue weighted by Crippen LogP contribution is -2.19. The van der Waals surface area contributed by atoms with Gasteiger partial charge in [-0.15, -0.1) is 0 Å². The van der Waals surface area contributed by atoms with E-state index in [1.54, 1.807) is 6.07 Å². The predicted octanol–water partition coefficient (Wildman–Crippen LogP) is 3.28. The van der Waals surface area contributed by atoms with Crippen molar-refractivity contribution in [3.05, 3.63) is 35.4 Å². The van der Waals surface area contributed by atoms with Gasteiger partial charge in [-0.05, 0) is 37.0 Å². The molecule has 0 aliphatic carbocycles. The van der Waals surface area contributed by atoms with Crippen LogP contribution in [0.4, 0.5) is 4.39 Å². The second kappa shape index (κ2) is 6.45. The van der Waals surface area contributed by atoms with Crippen molar-refractivity contribution in [1.29, 1.82) is 0 Å². The Labute approximate surface area is 120 Å². The van der Waals surface area contributed by atoms with E-state index in [9.17, 15) is 4.39 Å². The van der Waals surface area contributed by atoms with Gasteiger partial charge in [-0.25, -0.2) is 9.37 Å². The molecule has 0 fully saturated rings. The second-order valence-corrected chi connectivity index (χ2v) is 6.37. The molecule has 2 aromatic rings. The molecule has 2 N–H and O–H groups in total. The number of rotatable bonds is 5. The summed E-state index contributed by atoms with van der Waals surface area (Å²) in [5, 5.41) is 0. The van der Waals surface area contributed by atoms with Crippen molar-refractivity contribution in [1.82, 2.24) is 9.36 Å². The van der Waals surface area contributed by atoms with Crippen LogP contribution in [0.1, 0.15) is 25.2 Å². The summed E-state index contributed by atoms with van der Waals surface area (Å²) in [5.41, 5.74) is 6.44. The van der Waals surface area contributed by atoms with Gasteiger partial charge in [0.2, 0.25) is 0 Å². The van der Waals surface area contributed by atoms with Gasteiger partial charge in [-0.1, -0.05) is 24.8 Å². The maximum Gasteiger partial charge on any atom is 0.174 e. The maximum absolute atomic E-state index is 13.9. The highest BCUT2D eigenvalue weighted by Crippen LogP contribution is 2.33. The molecule has 102 valence electrons. The number of nitrogens with zero attached hydrogens (tertiary/aromatic N) is 2. The summed E-state index contributed by atoms with van der Waals surface area (Å²) in [6, 6.07) is 5.01. The lowest BCUT2D eigenvalue weighted by Gasteiger charge is -2.11. The van der Waals surface area contributed by atoms with Crippen molar-refractivity contribution >= 4 is 23.3 Å². The van der Waals surface area contributed by atoms with E-state index >= 15 is 0 Å². The SMILES string of the molecule is CCc1nsc(Sc2cccc(F)c2CC(C)N)n1. The van der Waals surface area contributed by atoms with Crippen molar-refractivity contribution in [3.63, 3.8) is 0 Å². The standard InChI is InChI=1S/C13H16FN3S2/c1-3-12-16-13(19-17-12)18-11-6-4-5-10(14)9(11)7-8(2)15/h4-6,8H,3,7,15H2,1-2H3. The van der Waals surface area contributed by atoms with Crippen LogP contribution >= 0.6 is 23.3 Å². The molecule has 1 heterocycles. The number of hydrogen-bond acceptors (Lipinski definition) is 5. The molecule has 0 aliphatic rings. The fourth-order valence-electron chi connectivity index (χ4n) is 1.67. The van der Waals surface area contributed by atoms with Gasteiger partial charge < -0.3 is 5.73 Å². The summed E-state index contributed by atoms with van der Waals surface area (Å²) in [7, 11) is 0. The summed E-state index contributed by atoms with van der Waals surface area (Å²) < 4.78 is 19.0. The molecule has 0 aliphatic heterocycles. The quantitative estimate of drug-likeness (QED) is 0.920. The summed E-state index contributed by atoms with van der Waals surface area (Å²) >= 11 is 2.81. The van der Waals surface area contributed by atoms with Crippen LogP contribution < -0.4 is 5.73 Å². The monoisotopic (exact) mass is 297 g/mol. The molecule has 0 bridgehead atoms. The predicted molar refractivity (Wildman–Crippen MR) is 77.2 cm³/mol. The van der Waals surface area contributed by atoms with E-state index in [0.717, 1.165) is 21.5 Å². The first-order chi connectivity index (χ1) is 9.10. The van der Waals surface area contributed by atoms with Crippen LogP contribution in [0.3, 0.4) is 0 Å². The van der Waals surface area contributed by atoms with Crippen molar-refractivity contribution in [3.8, 4) is 0 Å². The summed E-state index contributed by atoms with van der Waals surface area (Å²) in [6.07, 6.45) is 1.33. The molecule has 0 radical (unpaired) electrons. The molecule has 3 nitrogen and oxygen atoms in total. The topological polar surface area (TPSA) is 51.8 Å². The Hall–Kier alpha value is -0.980. The van der Waals surface area contributed by atoms with E-state index < -0.39 is 0 Å². The van der Waals surface area contributed by atoms with Crippen LogP contribution in [0.15, 0.2) is 27.4 Å². The Morgan fingerprint density at radius 3 is 2.89 bits per heavy atom. The van der Waals surface area contributed by atoms with Gasteiger partial charge in [0.1, 0.15) is 11.6 Å². The van der Waals surface area contributed by atoms with E-state index in [0.29, 0.717) is 12.0 Å². The molecule has 0 saturated carbocycles. The average molecular weight is 297 g/mol. The molecule has 0 amide bonds. The molecule has 19 heavy (non-hydrogen) atoms. The van der Waals surface area contributed by atoms with Gasteiger partial charge >= 0.3 is 0 Å². The smallest absolute Gasteiger partial charge is 0.174 e. The number of aryl methyl sites for hydroxylation is 1. The van der Waals surface area contributed by atoms with Crippen LogP contribution in [0.25, 0.3) is 0 Å². The zero-order chi connectivity index (χ0) is 13.8. The highest BCUT2D eigenvalue weighted by molar-refractivity contribution is 8.01. The van der Waals surface area contributed by atoms with E-state index in [4.69, 9.17) is 5.73 Å². The molecular weight excluding hydrogens is 281 g/mol. The first-order valence-electron chi connectivity index (χ1n) is 6.13. The molecule has 1 unspecified atom stereocenters. The lowest BCUT2D eigenvalue weighted by molar-refractivity contribution is 0.588. The fourth-order valence-corrected chi connectivity index (χ4v) is 3.49. The minimum Gasteiger partial charge on any atom is -0.328 e. The first-order valence-corrected chi connectivity index (χ1v) is 7.72. The fraction of sp³-hybridized carbons (Fsp3) is 0.385. The van der Waals surface area contributed by atoms with Gasteiger partial charge in [0.25, 0.3) is 0 Å². The van der Waals surface area contributed by atoms with Crippen molar-refractivity contribution in [2.24, 2.45) is 5.73 Å². The number of benzene rings is 1. The molecule has 1 aromatic carbocycles. The third kappa shape index (κ3) is 3.75. The third-order valence-corrected chi connectivity index (χ3v) is 4.46. The maximum atomic E-state index is 13.9. The molecule has 1 aromatic heterocycles. The zero-order valence-electron chi connectivity index (χ0n) is 10.9. The normalized spacial score (nSPS) is 12.6. The van der Waals surface area contributed by atoms with Crippen LogP contribution in [0.5, 0.6) is 0 Å². The van der Waals surface area contributed by atoms with Crippen LogP contribution in [-0.2, 0) is 12.8 Å². The van der Waals surface area contributed by atoms with Gasteiger partial charge in [-0.2, -0.15) is 4.37 Å². The van der Waals surface area contributed by atoms with E-state index in [-0.39, 0.29) is 11.9 Å². The van der Waals surface area contributed by atoms with Crippen molar-refractivity contribution in [2.75, 3.05) is 0 Å². The molecule has 0 spiro atoms. The Balaban J connectivity index is 2.26. The largest absolute Gasteiger partial charge is 0.328 e. The van der Waals surface area contributed by atoms with E-state index in [1.807, 2.05) is 19.9 Å². The van der Waals surface area contributed by atoms with E-state index in [2.05, 4.69) is 9.36 Å². The number of halogens is 1. The lowest BCUT2D eigenvalue weighted by atomic mass is 10.1. The molecule has 0 saturated heterocycles. The Kier molecular flexibility index (Phi) is 4.90. The zero-order valence-corrected chi connectivity index (χ0v) is 12.5. The minimum atomic E-state index is -0.206. The van der Waals surface area contributed by atoms with Gasteiger partial charge in [-0.3, -0.25) is 0 Å². The Morgan fingerprint density at radius 2 is 2.26 bits per heavy atom. The summed E-state index contributed by atoms with van der Waals surface area (Å²) in [6.45, 7) is 3.89. The minimum absolute atomic E-state index is 0.0723. The second-order valence-electron chi connectivity index (χ2n) is 4.33. The molecule has 1 atom stereocenters. The molecule has 6 heteroatoms. The Bertz CT molecular complexity index is 555. The van der Waals surface area contributed by atoms with Crippen molar-refractivity contribution in [2.45, 2.75) is 42.0 Å². The molecule has 2 rings (SSSR count). The third-order valence-electron chi connectivity index (χ3n) is 2.56.